The summed E-state index contributed by atoms with van der Waals surface area (Å²) in [5.41, 5.74) is 4.15. The van der Waals surface area contributed by atoms with Crippen molar-refractivity contribution in [2.75, 3.05) is 13.1 Å². The molecule has 3 aromatic carbocycles. The van der Waals surface area contributed by atoms with Gasteiger partial charge in [-0.3, -0.25) is 4.79 Å². The molecule has 196 valence electrons. The van der Waals surface area contributed by atoms with Crippen LogP contribution in [0, 0.1) is 0 Å². The van der Waals surface area contributed by atoms with Crippen LogP contribution in [0.15, 0.2) is 94.7 Å². The zero-order valence-corrected chi connectivity index (χ0v) is 23.0. The van der Waals surface area contributed by atoms with E-state index in [0.717, 1.165) is 16.7 Å². The summed E-state index contributed by atoms with van der Waals surface area (Å²) in [7, 11) is -3.66. The Bertz CT molecular complexity index is 2040. The molecule has 0 bridgehead atoms. The molecule has 0 radical (unpaired) electrons. The van der Waals surface area contributed by atoms with Crippen molar-refractivity contribution in [1.82, 2.24) is 23.5 Å². The molecule has 0 spiro atoms. The first-order valence-electron chi connectivity index (χ1n) is 12.6. The van der Waals surface area contributed by atoms with Gasteiger partial charge >= 0.3 is 0 Å². The van der Waals surface area contributed by atoms with Crippen LogP contribution in [0.1, 0.15) is 19.4 Å². The number of hydrogen-bond acceptors (Lipinski definition) is 6. The first-order valence-corrected chi connectivity index (χ1v) is 14.8. The van der Waals surface area contributed by atoms with Crippen molar-refractivity contribution in [2.24, 2.45) is 0 Å². The van der Waals surface area contributed by atoms with E-state index < -0.39 is 10.0 Å². The summed E-state index contributed by atoms with van der Waals surface area (Å²) in [6.07, 6.45) is 3.67. The van der Waals surface area contributed by atoms with Gasteiger partial charge in [0.05, 0.1) is 26.1 Å². The number of nitrogens with zero attached hydrogens (tertiary/aromatic N) is 5. The molecule has 0 aliphatic carbocycles. The van der Waals surface area contributed by atoms with Crippen molar-refractivity contribution in [1.29, 1.82) is 0 Å². The van der Waals surface area contributed by atoms with Crippen molar-refractivity contribution in [2.45, 2.75) is 18.7 Å². The van der Waals surface area contributed by atoms with Gasteiger partial charge in [-0.1, -0.05) is 67.6 Å². The Morgan fingerprint density at radius 1 is 0.949 bits per heavy atom. The number of fused-ring (bicyclic) bond motifs is 3. The third-order valence-corrected chi connectivity index (χ3v) is 9.66. The second-order valence-electron chi connectivity index (χ2n) is 8.96. The lowest BCUT2D eigenvalue weighted by atomic mass is 10.1. The fourth-order valence-corrected chi connectivity index (χ4v) is 7.18. The Labute approximate surface area is 229 Å². The standard InChI is InChI=1S/C29H25N5O3S2/c1-3-32(4-2)39(36,37)23-14-10-11-20(17-23)27-21(19-33(31-27)22-12-6-5-7-13-22)18-26-28(35)34-25-16-9-8-15-24(25)30-29(34)38-26/h5-19H,3-4H2,1-2H3/b26-18-. The van der Waals surface area contributed by atoms with E-state index in [1.165, 1.54) is 15.6 Å². The summed E-state index contributed by atoms with van der Waals surface area (Å²) in [6, 6.07) is 24.0. The van der Waals surface area contributed by atoms with Gasteiger partial charge in [-0.05, 0) is 42.5 Å². The normalized spacial score (nSPS) is 12.7. The fourth-order valence-electron chi connectivity index (χ4n) is 4.70. The lowest BCUT2D eigenvalue weighted by molar-refractivity contribution is 0.445. The predicted molar refractivity (Wildman–Crippen MR) is 155 cm³/mol. The Kier molecular flexibility index (Phi) is 6.38. The van der Waals surface area contributed by atoms with E-state index in [0.29, 0.717) is 39.4 Å². The third-order valence-electron chi connectivity index (χ3n) is 6.65. The largest absolute Gasteiger partial charge is 0.274 e. The molecule has 0 N–H and O–H groups in total. The van der Waals surface area contributed by atoms with Crippen LogP contribution in [0.4, 0.5) is 0 Å². The first-order chi connectivity index (χ1) is 18.9. The molecule has 8 nitrogen and oxygen atoms in total. The molecule has 0 aliphatic rings. The molecule has 6 rings (SSSR count). The van der Waals surface area contributed by atoms with Crippen molar-refractivity contribution in [3.05, 3.63) is 106 Å². The van der Waals surface area contributed by atoms with Crippen LogP contribution in [0.5, 0.6) is 0 Å². The Balaban J connectivity index is 1.55. The summed E-state index contributed by atoms with van der Waals surface area (Å²) < 4.78 is 31.8. The van der Waals surface area contributed by atoms with Crippen LogP contribution in [0.2, 0.25) is 0 Å². The van der Waals surface area contributed by atoms with Gasteiger partial charge in [0.2, 0.25) is 10.0 Å². The molecule has 3 heterocycles. The highest BCUT2D eigenvalue weighted by Crippen LogP contribution is 2.28. The zero-order chi connectivity index (χ0) is 27.1. The number of imidazole rings is 1. The van der Waals surface area contributed by atoms with Crippen molar-refractivity contribution >= 4 is 43.4 Å². The SMILES string of the molecule is CCN(CC)S(=O)(=O)c1cccc(-c2nn(-c3ccccc3)cc2/C=c2\sc3nc4ccccc4n3c2=O)c1. The van der Waals surface area contributed by atoms with Crippen LogP contribution >= 0.6 is 11.3 Å². The van der Waals surface area contributed by atoms with E-state index >= 15 is 0 Å². The van der Waals surface area contributed by atoms with Crippen LogP contribution in [0.3, 0.4) is 0 Å². The monoisotopic (exact) mass is 555 g/mol. The molecule has 0 atom stereocenters. The summed E-state index contributed by atoms with van der Waals surface area (Å²) in [6.45, 7) is 4.40. The lowest BCUT2D eigenvalue weighted by Crippen LogP contribution is -2.30. The van der Waals surface area contributed by atoms with Crippen molar-refractivity contribution in [3.63, 3.8) is 0 Å². The van der Waals surface area contributed by atoms with E-state index in [1.807, 2.05) is 86.8 Å². The summed E-state index contributed by atoms with van der Waals surface area (Å²) in [5, 5.41) is 4.83. The van der Waals surface area contributed by atoms with Gasteiger partial charge in [0.15, 0.2) is 4.96 Å². The van der Waals surface area contributed by atoms with Gasteiger partial charge in [0, 0.05) is 30.4 Å². The fraction of sp³-hybridized carbons (Fsp3) is 0.138. The molecule has 0 saturated heterocycles. The molecule has 39 heavy (non-hydrogen) atoms. The van der Waals surface area contributed by atoms with E-state index in [1.54, 1.807) is 27.3 Å². The minimum atomic E-state index is -3.66. The maximum atomic E-state index is 13.4. The highest BCUT2D eigenvalue weighted by atomic mass is 32.2. The number of para-hydroxylation sites is 3. The van der Waals surface area contributed by atoms with Gasteiger partial charge in [-0.2, -0.15) is 9.40 Å². The number of sulfonamides is 1. The maximum absolute atomic E-state index is 13.4. The predicted octanol–water partition coefficient (Wildman–Crippen LogP) is 4.34. The molecule has 0 fully saturated rings. The molecular weight excluding hydrogens is 530 g/mol. The van der Waals surface area contributed by atoms with E-state index in [-0.39, 0.29) is 10.5 Å². The number of hydrogen-bond donors (Lipinski definition) is 0. The average molecular weight is 556 g/mol. The van der Waals surface area contributed by atoms with E-state index in [9.17, 15) is 13.2 Å². The number of rotatable bonds is 7. The maximum Gasteiger partial charge on any atom is 0.274 e. The summed E-state index contributed by atoms with van der Waals surface area (Å²) in [4.78, 5) is 18.9. The van der Waals surface area contributed by atoms with Crippen LogP contribution in [-0.4, -0.2) is 45.0 Å². The minimum absolute atomic E-state index is 0.153. The number of thiazole rings is 1. The molecular formula is C29H25N5O3S2. The van der Waals surface area contributed by atoms with E-state index in [2.05, 4.69) is 4.98 Å². The van der Waals surface area contributed by atoms with Crippen LogP contribution in [0.25, 0.3) is 39.0 Å². The molecule has 10 heteroatoms. The molecule has 0 unspecified atom stereocenters. The van der Waals surface area contributed by atoms with Gasteiger partial charge in [0.25, 0.3) is 5.56 Å². The minimum Gasteiger partial charge on any atom is -0.267 e. The second kappa shape index (κ2) is 9.88. The van der Waals surface area contributed by atoms with Crippen LogP contribution < -0.4 is 10.1 Å². The second-order valence-corrected chi connectivity index (χ2v) is 11.9. The summed E-state index contributed by atoms with van der Waals surface area (Å²) >= 11 is 1.31. The van der Waals surface area contributed by atoms with E-state index in [4.69, 9.17) is 5.10 Å². The van der Waals surface area contributed by atoms with Gasteiger partial charge in [0.1, 0.15) is 5.69 Å². The van der Waals surface area contributed by atoms with Gasteiger partial charge in [-0.15, -0.1) is 0 Å². The Morgan fingerprint density at radius 3 is 2.46 bits per heavy atom. The topological polar surface area (TPSA) is 89.6 Å². The van der Waals surface area contributed by atoms with Gasteiger partial charge in [-0.25, -0.2) is 22.5 Å². The first kappa shape index (κ1) is 25.2. The molecule has 0 saturated carbocycles. The lowest BCUT2D eigenvalue weighted by Gasteiger charge is -2.18. The van der Waals surface area contributed by atoms with Gasteiger partial charge < -0.3 is 0 Å². The number of benzene rings is 3. The van der Waals surface area contributed by atoms with Crippen molar-refractivity contribution in [3.8, 4) is 16.9 Å². The Hall–Kier alpha value is -4.12. The molecule has 0 aliphatic heterocycles. The quantitative estimate of drug-likeness (QED) is 0.292. The molecule has 6 aromatic rings. The molecule has 3 aromatic heterocycles. The summed E-state index contributed by atoms with van der Waals surface area (Å²) in [5.74, 6) is 0. The van der Waals surface area contributed by atoms with Crippen molar-refractivity contribution < 1.29 is 8.42 Å². The highest BCUT2D eigenvalue weighted by molar-refractivity contribution is 7.89. The third kappa shape index (κ3) is 4.36. The molecule has 0 amide bonds. The highest BCUT2D eigenvalue weighted by Gasteiger charge is 2.23. The number of aromatic nitrogens is 4. The average Bonchev–Trinajstić information content (AvgIpc) is 3.63. The Morgan fingerprint density at radius 2 is 1.69 bits per heavy atom. The zero-order valence-electron chi connectivity index (χ0n) is 21.4. The van der Waals surface area contributed by atoms with Crippen LogP contribution in [-0.2, 0) is 10.0 Å². The smallest absolute Gasteiger partial charge is 0.267 e.